The van der Waals surface area contributed by atoms with E-state index in [9.17, 15) is 14.4 Å². The molecule has 0 saturated carbocycles. The van der Waals surface area contributed by atoms with Gasteiger partial charge in [-0.15, -0.1) is 0 Å². The minimum atomic E-state index is -0.781. The first kappa shape index (κ1) is 77.9. The van der Waals surface area contributed by atoms with Gasteiger partial charge in [-0.25, -0.2) is 0 Å². The number of carbonyl (C=O) groups is 3. The van der Waals surface area contributed by atoms with Gasteiger partial charge < -0.3 is 14.2 Å². The van der Waals surface area contributed by atoms with Crippen molar-refractivity contribution in [2.24, 2.45) is 0 Å². The van der Waals surface area contributed by atoms with Gasteiger partial charge in [0.15, 0.2) is 6.10 Å². The molecular weight excluding hydrogens is 997 g/mol. The van der Waals surface area contributed by atoms with Crippen molar-refractivity contribution in [3.63, 3.8) is 0 Å². The molecule has 0 N–H and O–H groups in total. The number of hydrogen-bond donors (Lipinski definition) is 0. The number of esters is 3. The molecule has 470 valence electrons. The molecule has 0 spiro atoms. The van der Waals surface area contributed by atoms with E-state index in [-0.39, 0.29) is 31.1 Å². The topological polar surface area (TPSA) is 78.9 Å². The average molecular weight is 1130 g/mol. The lowest BCUT2D eigenvalue weighted by Crippen LogP contribution is -2.30. The van der Waals surface area contributed by atoms with Gasteiger partial charge in [0.2, 0.25) is 0 Å². The largest absolute Gasteiger partial charge is 0.462 e. The second-order valence-electron chi connectivity index (χ2n) is 23.8. The molecule has 0 bridgehead atoms. The maximum Gasteiger partial charge on any atom is 0.306 e. The van der Waals surface area contributed by atoms with Gasteiger partial charge in [0.1, 0.15) is 13.2 Å². The van der Waals surface area contributed by atoms with Gasteiger partial charge in [-0.2, -0.15) is 0 Å². The Labute approximate surface area is 503 Å². The van der Waals surface area contributed by atoms with Crippen molar-refractivity contribution in [2.45, 2.75) is 374 Å². The van der Waals surface area contributed by atoms with Crippen LogP contribution in [-0.4, -0.2) is 37.2 Å². The van der Waals surface area contributed by atoms with E-state index < -0.39 is 6.10 Å². The van der Waals surface area contributed by atoms with Crippen LogP contribution in [0.5, 0.6) is 0 Å². The van der Waals surface area contributed by atoms with E-state index in [1.54, 1.807) is 0 Å². The summed E-state index contributed by atoms with van der Waals surface area (Å²) in [4.78, 5) is 38.4. The van der Waals surface area contributed by atoms with E-state index >= 15 is 0 Å². The summed E-state index contributed by atoms with van der Waals surface area (Å²) < 4.78 is 17.0. The highest BCUT2D eigenvalue weighted by Crippen LogP contribution is 2.18. The second kappa shape index (κ2) is 69.3. The first-order chi connectivity index (χ1) is 40.0. The molecule has 0 aromatic rings. The molecular formula is C75H134O6. The van der Waals surface area contributed by atoms with Gasteiger partial charge in [-0.3, -0.25) is 14.4 Å². The van der Waals surface area contributed by atoms with Crippen molar-refractivity contribution in [3.05, 3.63) is 72.9 Å². The van der Waals surface area contributed by atoms with Gasteiger partial charge in [-0.05, 0) is 109 Å². The molecule has 0 fully saturated rings. The molecule has 0 aromatic heterocycles. The number of hydrogen-bond acceptors (Lipinski definition) is 6. The van der Waals surface area contributed by atoms with Crippen LogP contribution in [0, 0.1) is 0 Å². The third kappa shape index (κ3) is 67.5. The van der Waals surface area contributed by atoms with E-state index in [2.05, 4.69) is 93.7 Å². The van der Waals surface area contributed by atoms with E-state index in [1.165, 1.54) is 231 Å². The van der Waals surface area contributed by atoms with Crippen LogP contribution in [-0.2, 0) is 28.6 Å². The summed E-state index contributed by atoms with van der Waals surface area (Å²) in [6.07, 6.45) is 90.8. The third-order valence-corrected chi connectivity index (χ3v) is 15.7. The van der Waals surface area contributed by atoms with Gasteiger partial charge in [0.05, 0.1) is 0 Å². The Bertz CT molecular complexity index is 1490. The Morgan fingerprint density at radius 2 is 0.481 bits per heavy atom. The van der Waals surface area contributed by atoms with Gasteiger partial charge >= 0.3 is 17.9 Å². The number of rotatable bonds is 65. The SMILES string of the molecule is CC/C=C\C/C=C\C/C=C\C/C=C\CCCCCCCCCCCCCCCCCCCCCCC(=O)OCC(COC(=O)CCCCCCC/C=C\CCCCCCCC)OC(=O)CCCCCCC/C=C\CCCCCCCC. The minimum absolute atomic E-state index is 0.0765. The van der Waals surface area contributed by atoms with Crippen molar-refractivity contribution >= 4 is 17.9 Å². The van der Waals surface area contributed by atoms with Crippen LogP contribution in [0.25, 0.3) is 0 Å². The molecule has 81 heavy (non-hydrogen) atoms. The number of unbranched alkanes of at least 4 members (excludes halogenated alkanes) is 42. The van der Waals surface area contributed by atoms with Crippen molar-refractivity contribution in [1.82, 2.24) is 0 Å². The third-order valence-electron chi connectivity index (χ3n) is 15.7. The highest BCUT2D eigenvalue weighted by atomic mass is 16.6. The molecule has 1 atom stereocenters. The molecule has 0 saturated heterocycles. The van der Waals surface area contributed by atoms with Crippen LogP contribution in [0.4, 0.5) is 0 Å². The van der Waals surface area contributed by atoms with Gasteiger partial charge in [0, 0.05) is 19.3 Å². The Balaban J connectivity index is 4.15. The zero-order valence-corrected chi connectivity index (χ0v) is 54.1. The lowest BCUT2D eigenvalue weighted by Gasteiger charge is -2.18. The molecule has 0 rings (SSSR count). The Hall–Kier alpha value is -3.15. The van der Waals surface area contributed by atoms with Crippen molar-refractivity contribution in [3.8, 4) is 0 Å². The molecule has 0 aromatic carbocycles. The predicted octanol–water partition coefficient (Wildman–Crippen LogP) is 24.4. The maximum absolute atomic E-state index is 12.9. The molecule has 0 amide bonds. The molecule has 6 heteroatoms. The molecule has 6 nitrogen and oxygen atoms in total. The number of carbonyl (C=O) groups excluding carboxylic acids is 3. The fourth-order valence-corrected chi connectivity index (χ4v) is 10.4. The summed E-state index contributed by atoms with van der Waals surface area (Å²) in [5.41, 5.74) is 0. The van der Waals surface area contributed by atoms with Gasteiger partial charge in [-0.1, -0.05) is 312 Å². The highest BCUT2D eigenvalue weighted by Gasteiger charge is 2.19. The van der Waals surface area contributed by atoms with Crippen LogP contribution in [0.3, 0.4) is 0 Å². The van der Waals surface area contributed by atoms with E-state index in [4.69, 9.17) is 14.2 Å². The summed E-state index contributed by atoms with van der Waals surface area (Å²) in [7, 11) is 0. The molecule has 0 aliphatic rings. The second-order valence-corrected chi connectivity index (χ2v) is 23.8. The fraction of sp³-hybridized carbons (Fsp3) is 0.800. The first-order valence-electron chi connectivity index (χ1n) is 35.4. The summed E-state index contributed by atoms with van der Waals surface area (Å²) >= 11 is 0. The van der Waals surface area contributed by atoms with Gasteiger partial charge in [0.25, 0.3) is 0 Å². The fourth-order valence-electron chi connectivity index (χ4n) is 10.4. The molecule has 0 aliphatic heterocycles. The number of allylic oxidation sites excluding steroid dienone is 12. The monoisotopic (exact) mass is 1130 g/mol. The van der Waals surface area contributed by atoms with Crippen LogP contribution in [0.1, 0.15) is 367 Å². The Morgan fingerprint density at radius 1 is 0.259 bits per heavy atom. The van der Waals surface area contributed by atoms with E-state index in [0.29, 0.717) is 19.3 Å². The zero-order chi connectivity index (χ0) is 58.5. The Kier molecular flexibility index (Phi) is 66.6. The van der Waals surface area contributed by atoms with Crippen molar-refractivity contribution in [1.29, 1.82) is 0 Å². The average Bonchev–Trinajstić information content (AvgIpc) is 3.47. The summed E-state index contributed by atoms with van der Waals surface area (Å²) in [5, 5.41) is 0. The predicted molar refractivity (Wildman–Crippen MR) is 353 cm³/mol. The summed E-state index contributed by atoms with van der Waals surface area (Å²) in [6.45, 7) is 6.55. The first-order valence-corrected chi connectivity index (χ1v) is 35.4. The smallest absolute Gasteiger partial charge is 0.306 e. The summed E-state index contributed by atoms with van der Waals surface area (Å²) in [5.74, 6) is -0.872. The number of ether oxygens (including phenoxy) is 3. The zero-order valence-electron chi connectivity index (χ0n) is 54.1. The minimum Gasteiger partial charge on any atom is -0.462 e. The van der Waals surface area contributed by atoms with Crippen molar-refractivity contribution in [2.75, 3.05) is 13.2 Å². The molecule has 0 radical (unpaired) electrons. The van der Waals surface area contributed by atoms with Crippen molar-refractivity contribution < 1.29 is 28.6 Å². The summed E-state index contributed by atoms with van der Waals surface area (Å²) in [6, 6.07) is 0. The maximum atomic E-state index is 12.9. The normalized spacial score (nSPS) is 12.5. The standard InChI is InChI=1S/C75H134O6/c1-4-7-10-13-16-19-22-25-28-29-30-31-32-33-34-35-36-37-38-39-40-41-42-43-44-45-48-50-53-56-59-62-65-68-74(77)80-71-72(81-75(78)69-66-63-60-57-54-51-47-27-24-21-18-15-12-9-6-3)70-79-73(76)67-64-61-58-55-52-49-46-26-23-20-17-14-11-8-5-2/h7,10,16,19,25-28,30-31,46-47,72H,4-6,8-9,11-15,17-18,20-24,29,32-45,48-71H2,1-3H3/b10-7-,19-16-,28-25-,31-30-,46-26-,47-27-. The van der Waals surface area contributed by atoms with E-state index in [1.807, 2.05) is 0 Å². The van der Waals surface area contributed by atoms with Crippen LogP contribution in [0.2, 0.25) is 0 Å². The lowest BCUT2D eigenvalue weighted by atomic mass is 10.0. The van der Waals surface area contributed by atoms with Crippen LogP contribution in [0.15, 0.2) is 72.9 Å². The van der Waals surface area contributed by atoms with E-state index in [0.717, 1.165) is 96.3 Å². The molecule has 0 heterocycles. The highest BCUT2D eigenvalue weighted by molar-refractivity contribution is 5.71. The van der Waals surface area contributed by atoms with Crippen LogP contribution >= 0.6 is 0 Å². The quantitative estimate of drug-likeness (QED) is 0.0261. The van der Waals surface area contributed by atoms with Crippen LogP contribution < -0.4 is 0 Å². The Morgan fingerprint density at radius 3 is 0.765 bits per heavy atom. The molecule has 0 aliphatic carbocycles. The lowest BCUT2D eigenvalue weighted by molar-refractivity contribution is -0.167. The molecule has 1 unspecified atom stereocenters.